The van der Waals surface area contributed by atoms with Crippen molar-refractivity contribution in [2.45, 2.75) is 13.8 Å². The summed E-state index contributed by atoms with van der Waals surface area (Å²) in [6, 6.07) is 19.7. The molecule has 5 rings (SSSR count). The second-order valence-electron chi connectivity index (χ2n) is 8.31. The van der Waals surface area contributed by atoms with Crippen LogP contribution in [0.25, 0.3) is 21.5 Å². The molecule has 0 aliphatic carbocycles. The number of ether oxygens (including phenoxy) is 1. The van der Waals surface area contributed by atoms with Crippen LogP contribution in [0.4, 0.5) is 5.69 Å². The number of carbonyl (C=O) groups is 1. The minimum Gasteiger partial charge on any atom is -0.492 e. The van der Waals surface area contributed by atoms with Gasteiger partial charge in [0.25, 0.3) is 5.91 Å². The fourth-order valence-corrected chi connectivity index (χ4v) is 5.39. The van der Waals surface area contributed by atoms with Gasteiger partial charge < -0.3 is 14.5 Å². The van der Waals surface area contributed by atoms with E-state index in [0.717, 1.165) is 46.0 Å². The summed E-state index contributed by atoms with van der Waals surface area (Å²) in [6.07, 6.45) is 0. The van der Waals surface area contributed by atoms with Crippen LogP contribution in [0.15, 0.2) is 60.7 Å². The van der Waals surface area contributed by atoms with Crippen LogP contribution in [-0.2, 0) is 0 Å². The summed E-state index contributed by atoms with van der Waals surface area (Å²) in [7, 11) is 0. The Morgan fingerprint density at radius 3 is 2.59 bits per heavy atom. The van der Waals surface area contributed by atoms with Gasteiger partial charge in [-0.05, 0) is 62.4 Å². The second kappa shape index (κ2) is 9.65. The van der Waals surface area contributed by atoms with E-state index in [1.165, 1.54) is 4.88 Å². The summed E-state index contributed by atoms with van der Waals surface area (Å²) in [5.41, 5.74) is 3.32. The van der Waals surface area contributed by atoms with Gasteiger partial charge in [-0.2, -0.15) is 0 Å². The minimum absolute atomic E-state index is 0.0157. The number of para-hydroxylation sites is 2. The Kier molecular flexibility index (Phi) is 6.44. The molecule has 1 amide bonds. The van der Waals surface area contributed by atoms with Crippen molar-refractivity contribution in [2.24, 2.45) is 0 Å². The van der Waals surface area contributed by atoms with Crippen LogP contribution in [0.1, 0.15) is 22.2 Å². The van der Waals surface area contributed by atoms with Crippen molar-refractivity contribution in [3.63, 3.8) is 0 Å². The monoisotopic (exact) mass is 491 g/mol. The number of hydrogen-bond donors (Lipinski definition) is 0. The van der Waals surface area contributed by atoms with Gasteiger partial charge in [0.15, 0.2) is 0 Å². The zero-order chi connectivity index (χ0) is 23.7. The van der Waals surface area contributed by atoms with Gasteiger partial charge in [0.2, 0.25) is 0 Å². The van der Waals surface area contributed by atoms with Gasteiger partial charge in [0, 0.05) is 41.5 Å². The number of aryl methyl sites for hydroxylation is 1. The minimum atomic E-state index is 0.0157. The molecular weight excluding hydrogens is 466 g/mol. The molecule has 1 aliphatic heterocycles. The highest BCUT2D eigenvalue weighted by Crippen LogP contribution is 2.32. The Labute approximate surface area is 208 Å². The lowest BCUT2D eigenvalue weighted by Gasteiger charge is -2.37. The predicted molar refractivity (Wildman–Crippen MR) is 141 cm³/mol. The summed E-state index contributed by atoms with van der Waals surface area (Å²) in [5, 5.41) is 1.39. The first-order valence-electron chi connectivity index (χ1n) is 11.5. The van der Waals surface area contributed by atoms with E-state index in [1.807, 2.05) is 54.3 Å². The number of fused-ring (bicyclic) bond motifs is 1. The molecule has 5 nitrogen and oxygen atoms in total. The molecule has 0 atom stereocenters. The van der Waals surface area contributed by atoms with Crippen LogP contribution in [0.2, 0.25) is 5.02 Å². The molecule has 0 saturated carbocycles. The van der Waals surface area contributed by atoms with Gasteiger partial charge in [0.05, 0.1) is 33.9 Å². The highest BCUT2D eigenvalue weighted by atomic mass is 35.5. The number of thiophene rings is 1. The van der Waals surface area contributed by atoms with E-state index >= 15 is 0 Å². The van der Waals surface area contributed by atoms with Gasteiger partial charge in [-0.15, -0.1) is 11.3 Å². The number of halogens is 1. The SMILES string of the molecule is CCOc1ccccc1N1CCN(C(=O)c2cc(-c3ccc(C)s3)nc3ccc(Cl)cc23)CC1. The van der Waals surface area contributed by atoms with Gasteiger partial charge >= 0.3 is 0 Å². The number of pyridine rings is 1. The second-order valence-corrected chi connectivity index (χ2v) is 10.0. The number of aromatic nitrogens is 1. The van der Waals surface area contributed by atoms with Crippen molar-refractivity contribution in [3.8, 4) is 16.3 Å². The van der Waals surface area contributed by atoms with Crippen molar-refractivity contribution in [2.75, 3.05) is 37.7 Å². The Morgan fingerprint density at radius 2 is 1.85 bits per heavy atom. The average Bonchev–Trinajstić information content (AvgIpc) is 3.30. The molecule has 0 bridgehead atoms. The lowest BCUT2D eigenvalue weighted by Crippen LogP contribution is -2.49. The van der Waals surface area contributed by atoms with Crippen molar-refractivity contribution in [1.82, 2.24) is 9.88 Å². The summed E-state index contributed by atoms with van der Waals surface area (Å²) in [6.45, 7) is 7.45. The van der Waals surface area contributed by atoms with Crippen LogP contribution in [0.5, 0.6) is 5.75 Å². The molecule has 0 spiro atoms. The zero-order valence-electron chi connectivity index (χ0n) is 19.3. The largest absolute Gasteiger partial charge is 0.492 e. The third-order valence-corrected chi connectivity index (χ3v) is 7.32. The normalized spacial score (nSPS) is 14.0. The van der Waals surface area contributed by atoms with Crippen molar-refractivity contribution < 1.29 is 9.53 Å². The summed E-state index contributed by atoms with van der Waals surface area (Å²) < 4.78 is 5.81. The lowest BCUT2D eigenvalue weighted by atomic mass is 10.0. The van der Waals surface area contributed by atoms with Gasteiger partial charge in [0.1, 0.15) is 5.75 Å². The van der Waals surface area contributed by atoms with Crippen LogP contribution in [0.3, 0.4) is 0 Å². The lowest BCUT2D eigenvalue weighted by molar-refractivity contribution is 0.0748. The molecule has 3 heterocycles. The molecule has 1 aliphatic rings. The van der Waals surface area contributed by atoms with Crippen LogP contribution in [0, 0.1) is 6.92 Å². The summed E-state index contributed by atoms with van der Waals surface area (Å²) in [4.78, 5) is 25.1. The molecule has 1 fully saturated rings. The van der Waals surface area contributed by atoms with Gasteiger partial charge in [-0.1, -0.05) is 23.7 Å². The van der Waals surface area contributed by atoms with E-state index in [2.05, 4.69) is 30.0 Å². The van der Waals surface area contributed by atoms with E-state index in [4.69, 9.17) is 21.3 Å². The Balaban J connectivity index is 1.43. The fraction of sp³-hybridized carbons (Fsp3) is 0.259. The molecular formula is C27H26ClN3O2S. The number of nitrogens with zero attached hydrogens (tertiary/aromatic N) is 3. The molecule has 1 saturated heterocycles. The first kappa shape index (κ1) is 22.7. The standard InChI is InChI=1S/C27H26ClN3O2S/c1-3-33-25-7-5-4-6-24(25)30-12-14-31(15-13-30)27(32)21-17-23(26-11-8-18(2)34-26)29-22-10-9-19(28)16-20(21)22/h4-11,16-17H,3,12-15H2,1-2H3. The van der Waals surface area contributed by atoms with Crippen molar-refractivity contribution in [3.05, 3.63) is 76.1 Å². The smallest absolute Gasteiger partial charge is 0.254 e. The highest BCUT2D eigenvalue weighted by Gasteiger charge is 2.26. The fourth-order valence-electron chi connectivity index (χ4n) is 4.39. The zero-order valence-corrected chi connectivity index (χ0v) is 20.8. The Morgan fingerprint density at radius 1 is 1.06 bits per heavy atom. The quantitative estimate of drug-likeness (QED) is 0.329. The molecule has 2 aromatic heterocycles. The Bertz CT molecular complexity index is 1340. The maximum atomic E-state index is 13.7. The third kappa shape index (κ3) is 4.48. The van der Waals surface area contributed by atoms with E-state index in [0.29, 0.717) is 30.3 Å². The molecule has 174 valence electrons. The van der Waals surface area contributed by atoms with E-state index in [1.54, 1.807) is 11.3 Å². The van der Waals surface area contributed by atoms with Crippen LogP contribution in [-0.4, -0.2) is 48.6 Å². The number of benzene rings is 2. The first-order valence-corrected chi connectivity index (χ1v) is 12.7. The molecule has 0 N–H and O–H groups in total. The maximum Gasteiger partial charge on any atom is 0.254 e. The summed E-state index contributed by atoms with van der Waals surface area (Å²) in [5.74, 6) is 0.900. The van der Waals surface area contributed by atoms with Crippen molar-refractivity contribution in [1.29, 1.82) is 0 Å². The third-order valence-electron chi connectivity index (χ3n) is 6.07. The molecule has 4 aromatic rings. The predicted octanol–water partition coefficient (Wildman–Crippen LogP) is 6.29. The topological polar surface area (TPSA) is 45.7 Å². The maximum absolute atomic E-state index is 13.7. The first-order chi connectivity index (χ1) is 16.5. The number of piperazine rings is 1. The number of anilines is 1. The number of amides is 1. The molecule has 0 radical (unpaired) electrons. The Hall–Kier alpha value is -3.09. The highest BCUT2D eigenvalue weighted by molar-refractivity contribution is 7.15. The number of hydrogen-bond acceptors (Lipinski definition) is 5. The van der Waals surface area contributed by atoms with Crippen LogP contribution >= 0.6 is 22.9 Å². The van der Waals surface area contributed by atoms with Gasteiger partial charge in [-0.3, -0.25) is 4.79 Å². The number of rotatable bonds is 5. The van der Waals surface area contributed by atoms with Crippen molar-refractivity contribution >= 4 is 45.4 Å². The molecule has 0 unspecified atom stereocenters. The molecule has 34 heavy (non-hydrogen) atoms. The molecule has 7 heteroatoms. The van der Waals surface area contributed by atoms with E-state index in [9.17, 15) is 4.79 Å². The van der Waals surface area contributed by atoms with Crippen LogP contribution < -0.4 is 9.64 Å². The molecule has 2 aromatic carbocycles. The van der Waals surface area contributed by atoms with E-state index < -0.39 is 0 Å². The average molecular weight is 492 g/mol. The van der Waals surface area contributed by atoms with Gasteiger partial charge in [-0.25, -0.2) is 4.98 Å². The van der Waals surface area contributed by atoms with E-state index in [-0.39, 0.29) is 5.91 Å². The summed E-state index contributed by atoms with van der Waals surface area (Å²) >= 11 is 7.98. The number of carbonyl (C=O) groups excluding carboxylic acids is 1.